The van der Waals surface area contributed by atoms with E-state index in [1.165, 1.54) is 12.1 Å². The zero-order chi connectivity index (χ0) is 12.1. The Bertz CT molecular complexity index is 499. The minimum Gasteiger partial charge on any atom is -0.332 e. The Morgan fingerprint density at radius 2 is 1.82 bits per heavy atom. The van der Waals surface area contributed by atoms with Crippen molar-refractivity contribution in [3.63, 3.8) is 0 Å². The van der Waals surface area contributed by atoms with E-state index < -0.39 is 0 Å². The summed E-state index contributed by atoms with van der Waals surface area (Å²) in [7, 11) is 0. The molecule has 1 aromatic carbocycles. The van der Waals surface area contributed by atoms with Gasteiger partial charge in [-0.15, -0.1) is 0 Å². The highest BCUT2D eigenvalue weighted by molar-refractivity contribution is 7.80. The summed E-state index contributed by atoms with van der Waals surface area (Å²) in [6, 6.07) is 11.4. The van der Waals surface area contributed by atoms with Crippen LogP contribution in [0.25, 0.3) is 0 Å². The van der Waals surface area contributed by atoms with Crippen LogP contribution in [0.5, 0.6) is 0 Å². The lowest BCUT2D eigenvalue weighted by atomic mass is 10.3. The number of nitrogens with one attached hydrogen (secondary N) is 2. The van der Waals surface area contributed by atoms with E-state index >= 15 is 0 Å². The van der Waals surface area contributed by atoms with E-state index in [2.05, 4.69) is 15.6 Å². The summed E-state index contributed by atoms with van der Waals surface area (Å²) < 4.78 is 12.7. The number of benzene rings is 1. The molecule has 0 aliphatic rings. The molecule has 1 heterocycles. The summed E-state index contributed by atoms with van der Waals surface area (Å²) in [5.41, 5.74) is 0.722. The molecule has 3 nitrogen and oxygen atoms in total. The second-order valence-electron chi connectivity index (χ2n) is 3.30. The van der Waals surface area contributed by atoms with Crippen LogP contribution < -0.4 is 10.6 Å². The molecule has 0 amide bonds. The normalized spacial score (nSPS) is 9.71. The highest BCUT2D eigenvalue weighted by Crippen LogP contribution is 2.09. The molecule has 0 saturated carbocycles. The SMILES string of the molecule is Fc1ccc(NC(=S)Nc2ccccn2)cc1. The summed E-state index contributed by atoms with van der Waals surface area (Å²) in [6.07, 6.45) is 1.67. The molecule has 2 rings (SSSR count). The first-order chi connectivity index (χ1) is 8.24. The van der Waals surface area contributed by atoms with Crippen LogP contribution in [-0.4, -0.2) is 10.1 Å². The lowest BCUT2D eigenvalue weighted by molar-refractivity contribution is 0.628. The number of halogens is 1. The van der Waals surface area contributed by atoms with Gasteiger partial charge in [0.25, 0.3) is 0 Å². The molecule has 5 heteroatoms. The molecule has 2 N–H and O–H groups in total. The van der Waals surface area contributed by atoms with Crippen LogP contribution in [0.3, 0.4) is 0 Å². The first-order valence-electron chi connectivity index (χ1n) is 4.98. The van der Waals surface area contributed by atoms with Crippen molar-refractivity contribution in [1.82, 2.24) is 4.98 Å². The van der Waals surface area contributed by atoms with Crippen LogP contribution in [0.4, 0.5) is 15.9 Å². The van der Waals surface area contributed by atoms with E-state index in [1.54, 1.807) is 24.4 Å². The molecular weight excluding hydrogens is 237 g/mol. The molecule has 0 radical (unpaired) electrons. The summed E-state index contributed by atoms with van der Waals surface area (Å²) in [6.45, 7) is 0. The fourth-order valence-corrected chi connectivity index (χ4v) is 1.47. The van der Waals surface area contributed by atoms with Crippen molar-refractivity contribution in [2.24, 2.45) is 0 Å². The van der Waals surface area contributed by atoms with Crippen LogP contribution in [0, 0.1) is 5.82 Å². The predicted molar refractivity (Wildman–Crippen MR) is 70.5 cm³/mol. The van der Waals surface area contributed by atoms with Crippen molar-refractivity contribution >= 4 is 28.8 Å². The third-order valence-corrected chi connectivity index (χ3v) is 2.21. The molecule has 0 fully saturated rings. The molecule has 86 valence electrons. The van der Waals surface area contributed by atoms with Gasteiger partial charge in [-0.3, -0.25) is 0 Å². The number of hydrogen-bond donors (Lipinski definition) is 2. The number of rotatable bonds is 2. The third-order valence-electron chi connectivity index (χ3n) is 2.01. The van der Waals surface area contributed by atoms with Crippen molar-refractivity contribution in [3.05, 3.63) is 54.5 Å². The fraction of sp³-hybridized carbons (Fsp3) is 0. The van der Waals surface area contributed by atoms with Crippen molar-refractivity contribution in [3.8, 4) is 0 Å². The first-order valence-corrected chi connectivity index (χ1v) is 5.39. The highest BCUT2D eigenvalue weighted by Gasteiger charge is 1.99. The quantitative estimate of drug-likeness (QED) is 0.800. The maximum Gasteiger partial charge on any atom is 0.176 e. The van der Waals surface area contributed by atoms with E-state index in [0.717, 1.165) is 5.69 Å². The van der Waals surface area contributed by atoms with Crippen LogP contribution in [0.1, 0.15) is 0 Å². The van der Waals surface area contributed by atoms with Gasteiger partial charge >= 0.3 is 0 Å². The molecule has 0 aliphatic heterocycles. The van der Waals surface area contributed by atoms with Crippen molar-refractivity contribution in [1.29, 1.82) is 0 Å². The Kier molecular flexibility index (Phi) is 3.62. The summed E-state index contributed by atoms with van der Waals surface area (Å²) in [5, 5.41) is 6.26. The largest absolute Gasteiger partial charge is 0.332 e. The number of hydrogen-bond acceptors (Lipinski definition) is 2. The third kappa shape index (κ3) is 3.49. The molecule has 2 aromatic rings. The zero-order valence-corrected chi connectivity index (χ0v) is 9.67. The van der Waals surface area contributed by atoms with Crippen molar-refractivity contribution in [2.45, 2.75) is 0 Å². The predicted octanol–water partition coefficient (Wildman–Crippen LogP) is 3.03. The van der Waals surface area contributed by atoms with Gasteiger partial charge in [-0.25, -0.2) is 9.37 Å². The maximum absolute atomic E-state index is 12.7. The Labute approximate surface area is 104 Å². The van der Waals surface area contributed by atoms with E-state index in [4.69, 9.17) is 12.2 Å². The summed E-state index contributed by atoms with van der Waals surface area (Å²) in [5.74, 6) is 0.381. The Morgan fingerprint density at radius 1 is 1.06 bits per heavy atom. The van der Waals surface area contributed by atoms with Gasteiger partial charge in [0.05, 0.1) is 0 Å². The van der Waals surface area contributed by atoms with E-state index in [9.17, 15) is 4.39 Å². The Hall–Kier alpha value is -2.01. The average molecular weight is 247 g/mol. The van der Waals surface area contributed by atoms with Crippen LogP contribution in [0.2, 0.25) is 0 Å². The number of nitrogens with zero attached hydrogens (tertiary/aromatic N) is 1. The van der Waals surface area contributed by atoms with Gasteiger partial charge in [-0.05, 0) is 48.6 Å². The second kappa shape index (κ2) is 5.36. The van der Waals surface area contributed by atoms with Crippen molar-refractivity contribution in [2.75, 3.05) is 10.6 Å². The molecule has 0 bridgehead atoms. The summed E-state index contributed by atoms with van der Waals surface area (Å²) >= 11 is 5.09. The average Bonchev–Trinajstić information content (AvgIpc) is 2.33. The number of thiocarbonyl (C=S) groups is 1. The van der Waals surface area contributed by atoms with Gasteiger partial charge < -0.3 is 10.6 Å². The van der Waals surface area contributed by atoms with Gasteiger partial charge in [0.15, 0.2) is 5.11 Å². The topological polar surface area (TPSA) is 37.0 Å². The lowest BCUT2D eigenvalue weighted by Crippen LogP contribution is -2.19. The Balaban J connectivity index is 1.96. The van der Waals surface area contributed by atoms with Gasteiger partial charge in [-0.1, -0.05) is 6.07 Å². The smallest absolute Gasteiger partial charge is 0.176 e. The molecule has 0 aliphatic carbocycles. The number of aromatic nitrogens is 1. The minimum absolute atomic E-state index is 0.279. The van der Waals surface area contributed by atoms with Crippen LogP contribution in [-0.2, 0) is 0 Å². The molecule has 0 spiro atoms. The monoisotopic (exact) mass is 247 g/mol. The molecule has 0 saturated heterocycles. The fourth-order valence-electron chi connectivity index (χ4n) is 1.25. The van der Waals surface area contributed by atoms with Gasteiger partial charge in [-0.2, -0.15) is 0 Å². The minimum atomic E-state index is -0.279. The standard InChI is InChI=1S/C12H10FN3S/c13-9-4-6-10(7-5-9)15-12(17)16-11-3-1-2-8-14-11/h1-8H,(H2,14,15,16,17). The second-order valence-corrected chi connectivity index (χ2v) is 3.71. The highest BCUT2D eigenvalue weighted by atomic mass is 32.1. The van der Waals surface area contributed by atoms with E-state index in [1.807, 2.05) is 12.1 Å². The first kappa shape index (κ1) is 11.5. The van der Waals surface area contributed by atoms with Crippen LogP contribution in [0.15, 0.2) is 48.7 Å². The van der Waals surface area contributed by atoms with Crippen LogP contribution >= 0.6 is 12.2 Å². The lowest BCUT2D eigenvalue weighted by Gasteiger charge is -2.09. The molecular formula is C12H10FN3S. The van der Waals surface area contributed by atoms with Gasteiger partial charge in [0.1, 0.15) is 11.6 Å². The zero-order valence-electron chi connectivity index (χ0n) is 8.85. The molecule has 1 aromatic heterocycles. The molecule has 17 heavy (non-hydrogen) atoms. The molecule has 0 unspecified atom stereocenters. The van der Waals surface area contributed by atoms with Gasteiger partial charge in [0.2, 0.25) is 0 Å². The number of anilines is 2. The van der Waals surface area contributed by atoms with Crippen molar-refractivity contribution < 1.29 is 4.39 Å². The number of pyridine rings is 1. The maximum atomic E-state index is 12.7. The van der Waals surface area contributed by atoms with E-state index in [0.29, 0.717) is 10.9 Å². The Morgan fingerprint density at radius 3 is 2.47 bits per heavy atom. The van der Waals surface area contributed by atoms with E-state index in [-0.39, 0.29) is 5.82 Å². The molecule has 0 atom stereocenters. The van der Waals surface area contributed by atoms with Gasteiger partial charge in [0, 0.05) is 11.9 Å². The summed E-state index contributed by atoms with van der Waals surface area (Å²) in [4.78, 5) is 4.08.